The molecule has 0 saturated carbocycles. The highest BCUT2D eigenvalue weighted by Crippen LogP contribution is 2.48. The largest absolute Gasteiger partial charge is 0.474 e. The molecule has 7 fully saturated rings. The van der Waals surface area contributed by atoms with E-state index in [-0.39, 0.29) is 0 Å². The van der Waals surface area contributed by atoms with Crippen molar-refractivity contribution in [2.75, 3.05) is 46.2 Å². The molecule has 7 aliphatic heterocycles. The molecule has 0 aromatic rings. The third kappa shape index (κ3) is 14.6. The molecule has 0 spiro atoms. The number of hydrogen-bond acceptors (Lipinski definition) is 38. The number of rotatable bonds is 21. The van der Waals surface area contributed by atoms with Gasteiger partial charge in [-0.3, -0.25) is 9.05 Å². The van der Waals surface area contributed by atoms with E-state index in [0.717, 1.165) is 0 Å². The van der Waals surface area contributed by atoms with Gasteiger partial charge in [-0.1, -0.05) is 0 Å². The lowest BCUT2D eigenvalue weighted by Gasteiger charge is -2.49. The summed E-state index contributed by atoms with van der Waals surface area (Å²) >= 11 is 0. The molecule has 7 aliphatic rings. The minimum Gasteiger partial charge on any atom is -0.394 e. The molecule has 0 radical (unpaired) electrons. The van der Waals surface area contributed by atoms with Gasteiger partial charge in [0, 0.05) is 0 Å². The Kier molecular flexibility index (Phi) is 24.0. The van der Waals surface area contributed by atoms with Gasteiger partial charge >= 0.3 is 7.82 Å². The smallest absolute Gasteiger partial charge is 0.394 e. The fraction of sp³-hybridized carbons (Fsp3) is 1.00. The summed E-state index contributed by atoms with van der Waals surface area (Å²) in [6.07, 6.45) is -73.0. The maximum atomic E-state index is 13.5. The van der Waals surface area contributed by atoms with Crippen LogP contribution in [-0.2, 0) is 70.5 Å². The van der Waals surface area contributed by atoms with Gasteiger partial charge in [-0.15, -0.1) is 0 Å². The first-order valence-corrected chi connectivity index (χ1v) is 26.9. The van der Waals surface area contributed by atoms with Gasteiger partial charge in [0.15, 0.2) is 44.0 Å². The Morgan fingerprint density at radius 3 is 1.09 bits per heavy atom. The van der Waals surface area contributed by atoms with Crippen molar-refractivity contribution < 1.29 is 193 Å². The van der Waals surface area contributed by atoms with E-state index in [9.17, 15) is 127 Å². The van der Waals surface area contributed by atoms with Crippen LogP contribution in [0.2, 0.25) is 0 Å². The summed E-state index contributed by atoms with van der Waals surface area (Å²) < 4.78 is 90.3. The van der Waals surface area contributed by atoms with Crippen molar-refractivity contribution in [3.8, 4) is 0 Å². The molecule has 7 rings (SSSR count). The second-order valence-electron chi connectivity index (χ2n) is 20.2. The first kappa shape index (κ1) is 68.2. The number of phosphoric acid groups is 1. The predicted octanol–water partition coefficient (Wildman–Crippen LogP) is -16.2. The maximum absolute atomic E-state index is 13.5. The van der Waals surface area contributed by atoms with Gasteiger partial charge in [0.05, 0.1) is 46.2 Å². The summed E-state index contributed by atoms with van der Waals surface area (Å²) in [6, 6.07) is 0. The lowest BCUT2D eigenvalue weighted by molar-refractivity contribution is -0.402. The number of phosphoric ester groups is 1. The van der Waals surface area contributed by atoms with Gasteiger partial charge in [-0.25, -0.2) is 4.57 Å². The molecule has 82 heavy (non-hydrogen) atoms. The Hall–Kier alpha value is -1.29. The van der Waals surface area contributed by atoms with Crippen molar-refractivity contribution in [3.05, 3.63) is 0 Å². The summed E-state index contributed by atoms with van der Waals surface area (Å²) in [6.45, 7) is -7.51. The molecule has 0 aromatic carbocycles. The van der Waals surface area contributed by atoms with Gasteiger partial charge in [0.25, 0.3) is 0 Å². The monoisotopic (exact) mass is 1230 g/mol. The molecule has 39 nitrogen and oxygen atoms in total. The van der Waals surface area contributed by atoms with Gasteiger partial charge < -0.3 is 179 Å². The van der Waals surface area contributed by atoms with Crippen LogP contribution in [0, 0.1) is 0 Å². The number of aliphatic hydroxyl groups excluding tert-OH is 23. The van der Waals surface area contributed by atoms with Crippen LogP contribution in [0.5, 0.6) is 0 Å². The highest BCUT2D eigenvalue weighted by atomic mass is 31.2. The number of aliphatic hydroxyl groups is 23. The number of ether oxygens (including phenoxy) is 12. The van der Waals surface area contributed by atoms with Crippen LogP contribution < -0.4 is 0 Å². The average molecular weight is 1230 g/mol. The maximum Gasteiger partial charge on any atom is 0.474 e. The van der Waals surface area contributed by atoms with Crippen LogP contribution in [-0.4, -0.2) is 384 Å². The quantitative estimate of drug-likeness (QED) is 0.0475. The Balaban J connectivity index is 1.12. The predicted molar refractivity (Wildman–Crippen MR) is 243 cm³/mol. The van der Waals surface area contributed by atoms with Crippen molar-refractivity contribution in [1.82, 2.24) is 0 Å². The summed E-state index contributed by atoms with van der Waals surface area (Å²) in [5, 5.41) is 243. The van der Waals surface area contributed by atoms with Crippen molar-refractivity contribution in [3.63, 3.8) is 0 Å². The van der Waals surface area contributed by atoms with Crippen LogP contribution in [0.3, 0.4) is 0 Å². The molecule has 24 N–H and O–H groups in total. The summed E-state index contributed by atoms with van der Waals surface area (Å²) in [5.74, 6) is 0. The second-order valence-corrected chi connectivity index (χ2v) is 21.6. The SMILES string of the molecule is O=P(O)(OC[C@H]1O[C@H](O)[C@@H](O)[C@@H](O)[C@@H]1O)O[C@H]1O[C@H](CO[C@H]2O[C@H](CO)[C@@H](O)[C@H](O)[C@@H]2O[C@H]2O[C@H](CO)[C@@H](O)[C@H](O)[C@@H]2O[C@H]2O[C@H](CO)[C@@H](O)[C@H](O[C@H]3O[C@H](CO)[C@@H](O)[C@H](O)[C@@H]3O)[C@@H]2O)[C@@H](O)[C@H](O)[C@@H]1O[C@H]1O[C@H](CO)[C@@H](O)[C@H](O)[C@@H]1O. The van der Waals surface area contributed by atoms with E-state index >= 15 is 0 Å². The molecule has 480 valence electrons. The molecule has 0 aliphatic carbocycles. The molecule has 36 atom stereocenters. The highest BCUT2D eigenvalue weighted by molar-refractivity contribution is 7.47. The highest BCUT2D eigenvalue weighted by Gasteiger charge is 2.58. The van der Waals surface area contributed by atoms with Crippen molar-refractivity contribution in [2.45, 2.75) is 215 Å². The summed E-state index contributed by atoms with van der Waals surface area (Å²) in [5.41, 5.74) is 0. The molecule has 1 unspecified atom stereocenters. The number of hydrogen-bond donors (Lipinski definition) is 24. The van der Waals surface area contributed by atoms with Crippen molar-refractivity contribution >= 4 is 7.82 Å². The van der Waals surface area contributed by atoms with Gasteiger partial charge in [-0.05, 0) is 0 Å². The minimum absolute atomic E-state index is 0.926. The lowest BCUT2D eigenvalue weighted by Crippen LogP contribution is -2.68. The third-order valence-corrected chi connectivity index (χ3v) is 15.7. The fourth-order valence-corrected chi connectivity index (χ4v) is 10.6. The zero-order valence-electron chi connectivity index (χ0n) is 42.5. The molecule has 0 bridgehead atoms. The van der Waals surface area contributed by atoms with Crippen LogP contribution in [0.4, 0.5) is 0 Å². The van der Waals surface area contributed by atoms with E-state index in [4.69, 9.17) is 65.9 Å². The first-order chi connectivity index (χ1) is 38.6. The van der Waals surface area contributed by atoms with E-state index in [0.29, 0.717) is 0 Å². The fourth-order valence-electron chi connectivity index (χ4n) is 9.81. The summed E-state index contributed by atoms with van der Waals surface area (Å²) in [4.78, 5) is 10.9. The molecule has 0 amide bonds. The second kappa shape index (κ2) is 28.9. The van der Waals surface area contributed by atoms with Crippen molar-refractivity contribution in [2.24, 2.45) is 0 Å². The normalized spacial score (nSPS) is 52.3. The Morgan fingerprint density at radius 1 is 0.293 bits per heavy atom. The first-order valence-electron chi connectivity index (χ1n) is 25.4. The average Bonchev–Trinajstić information content (AvgIpc) is 3.06. The molecule has 0 aromatic heterocycles. The topological polar surface area (TPSA) is 632 Å². The van der Waals surface area contributed by atoms with E-state index in [1.807, 2.05) is 0 Å². The standard InChI is InChI=1S/C42H73O39P/c43-1-8-15(48)23(56)29(62)37(71-8)77-32-21(54)12(5-47)73-39(31(32)64)78-34-26(59)18(51)11(4-46)75-41(34)80-33-25(58)17(50)10(3-45)74-40(33)68-6-13-20(53)27(60)35(79-38-30(63)24(57)16(49)9(2-44)72-38)42(76-13)81-82(66,67)69-7-14-19(52)22(55)28(61)36(65)70-14/h8-65H,1-7H2,(H,66,67)/t8-,9-,10-,11-,12-,13-,14-,15-,16-,17-,18-,19-,20-,21-,22+,23+,24+,25+,26+,27+,28+,29+,30+,31+,32+,33+,34+,35+,36+,37-,38-,39-,40+,41-,42-/m1/s1. The Bertz CT molecular complexity index is 2010. The summed E-state index contributed by atoms with van der Waals surface area (Å²) in [7, 11) is -5.70. The van der Waals surface area contributed by atoms with Gasteiger partial charge in [0.2, 0.25) is 0 Å². The van der Waals surface area contributed by atoms with Crippen LogP contribution >= 0.6 is 7.82 Å². The van der Waals surface area contributed by atoms with Gasteiger partial charge in [-0.2, -0.15) is 0 Å². The zero-order valence-corrected chi connectivity index (χ0v) is 43.4. The minimum atomic E-state index is -5.70. The van der Waals surface area contributed by atoms with E-state index in [2.05, 4.69) is 0 Å². The van der Waals surface area contributed by atoms with Crippen LogP contribution in [0.15, 0.2) is 0 Å². The molecule has 7 heterocycles. The molecule has 7 saturated heterocycles. The van der Waals surface area contributed by atoms with E-state index < -0.39 is 269 Å². The van der Waals surface area contributed by atoms with Crippen molar-refractivity contribution in [1.29, 1.82) is 0 Å². The van der Waals surface area contributed by atoms with Gasteiger partial charge in [0.1, 0.15) is 171 Å². The Labute approximate surface area is 461 Å². The Morgan fingerprint density at radius 2 is 0.610 bits per heavy atom. The lowest BCUT2D eigenvalue weighted by atomic mass is 9.95. The zero-order chi connectivity index (χ0) is 60.6. The molecule has 40 heteroatoms. The molecular weight excluding hydrogens is 1160 g/mol. The van der Waals surface area contributed by atoms with E-state index in [1.54, 1.807) is 0 Å². The van der Waals surface area contributed by atoms with E-state index in [1.165, 1.54) is 0 Å². The molecular formula is C42H73O39P. The van der Waals surface area contributed by atoms with Crippen LogP contribution in [0.25, 0.3) is 0 Å². The van der Waals surface area contributed by atoms with Crippen LogP contribution in [0.1, 0.15) is 0 Å². The third-order valence-electron chi connectivity index (χ3n) is 14.7.